The van der Waals surface area contributed by atoms with Crippen LogP contribution in [0.3, 0.4) is 0 Å². The molecule has 0 atom stereocenters. The second-order valence-electron chi connectivity index (χ2n) is 4.43. The van der Waals surface area contributed by atoms with E-state index in [9.17, 15) is 14.9 Å². The molecule has 0 spiro atoms. The normalized spacial score (nSPS) is 11.1. The predicted octanol–water partition coefficient (Wildman–Crippen LogP) is 2.72. The van der Waals surface area contributed by atoms with Gasteiger partial charge in [-0.15, -0.1) is 0 Å². The zero-order chi connectivity index (χ0) is 15.5. The zero-order valence-electron chi connectivity index (χ0n) is 11.1. The average molecular weight is 298 g/mol. The molecule has 3 rings (SSSR count). The van der Waals surface area contributed by atoms with Crippen LogP contribution in [0.25, 0.3) is 17.0 Å². The summed E-state index contributed by atoms with van der Waals surface area (Å²) in [6, 6.07) is 7.97. The maximum atomic E-state index is 11.8. The number of benzene rings is 1. The van der Waals surface area contributed by atoms with E-state index in [1.807, 2.05) is 0 Å². The first-order chi connectivity index (χ1) is 10.6. The van der Waals surface area contributed by atoms with Crippen molar-refractivity contribution in [2.24, 2.45) is 0 Å². The Morgan fingerprint density at radius 2 is 2.23 bits per heavy atom. The van der Waals surface area contributed by atoms with Gasteiger partial charge in [0.2, 0.25) is 5.91 Å². The van der Waals surface area contributed by atoms with Crippen LogP contribution in [0.1, 0.15) is 5.76 Å². The lowest BCUT2D eigenvalue weighted by Crippen LogP contribution is -2.07. The lowest BCUT2D eigenvalue weighted by atomic mass is 10.2. The minimum absolute atomic E-state index is 0.229. The van der Waals surface area contributed by atoms with Gasteiger partial charge < -0.3 is 9.73 Å². The molecule has 0 saturated carbocycles. The molecule has 0 radical (unpaired) electrons. The number of hydrogen-bond donors (Lipinski definition) is 2. The number of furan rings is 1. The molecule has 0 aliphatic rings. The number of aromatic nitrogens is 2. The van der Waals surface area contributed by atoms with Gasteiger partial charge in [0.1, 0.15) is 10.7 Å². The molecule has 2 aromatic heterocycles. The van der Waals surface area contributed by atoms with Crippen LogP contribution in [0, 0.1) is 10.1 Å². The van der Waals surface area contributed by atoms with E-state index in [0.717, 1.165) is 10.9 Å². The Hall–Kier alpha value is -3.42. The lowest BCUT2D eigenvalue weighted by Gasteiger charge is -2.01. The van der Waals surface area contributed by atoms with Gasteiger partial charge in [-0.2, -0.15) is 5.10 Å². The Morgan fingerprint density at radius 3 is 3.00 bits per heavy atom. The van der Waals surface area contributed by atoms with Gasteiger partial charge in [0.15, 0.2) is 0 Å². The lowest BCUT2D eigenvalue weighted by molar-refractivity contribution is -0.402. The molecule has 8 heteroatoms. The van der Waals surface area contributed by atoms with Crippen molar-refractivity contribution >= 4 is 34.5 Å². The van der Waals surface area contributed by atoms with Gasteiger partial charge in [-0.05, 0) is 30.3 Å². The first-order valence-electron chi connectivity index (χ1n) is 6.28. The second kappa shape index (κ2) is 5.52. The minimum atomic E-state index is -0.641. The Morgan fingerprint density at radius 1 is 1.36 bits per heavy atom. The summed E-state index contributed by atoms with van der Waals surface area (Å²) in [6.45, 7) is 0. The molecule has 0 saturated heterocycles. The molecular formula is C14H10N4O4. The monoisotopic (exact) mass is 298 g/mol. The van der Waals surface area contributed by atoms with Crippen LogP contribution in [0.4, 0.5) is 11.6 Å². The highest BCUT2D eigenvalue weighted by Gasteiger charge is 2.10. The summed E-state index contributed by atoms with van der Waals surface area (Å²) in [6.07, 6.45) is 4.25. The fourth-order valence-corrected chi connectivity index (χ4v) is 1.89. The van der Waals surface area contributed by atoms with Crippen molar-refractivity contribution in [1.29, 1.82) is 0 Å². The van der Waals surface area contributed by atoms with Gasteiger partial charge in [-0.3, -0.25) is 20.0 Å². The molecule has 0 aliphatic carbocycles. The van der Waals surface area contributed by atoms with Crippen molar-refractivity contribution in [3.8, 4) is 0 Å². The third-order valence-corrected chi connectivity index (χ3v) is 2.90. The number of amides is 1. The van der Waals surface area contributed by atoms with E-state index < -0.39 is 4.92 Å². The van der Waals surface area contributed by atoms with E-state index >= 15 is 0 Å². The second-order valence-corrected chi connectivity index (χ2v) is 4.43. The average Bonchev–Trinajstić information content (AvgIpc) is 3.13. The number of anilines is 1. The number of rotatable bonds is 4. The van der Waals surface area contributed by atoms with E-state index in [2.05, 4.69) is 15.5 Å². The molecular weight excluding hydrogens is 288 g/mol. The van der Waals surface area contributed by atoms with E-state index in [1.165, 1.54) is 24.3 Å². The quantitative estimate of drug-likeness (QED) is 0.436. The maximum Gasteiger partial charge on any atom is 0.433 e. The van der Waals surface area contributed by atoms with Crippen molar-refractivity contribution in [2.45, 2.75) is 0 Å². The van der Waals surface area contributed by atoms with Crippen LogP contribution in [0.2, 0.25) is 0 Å². The van der Waals surface area contributed by atoms with Gasteiger partial charge in [-0.1, -0.05) is 0 Å². The fourth-order valence-electron chi connectivity index (χ4n) is 1.89. The highest BCUT2D eigenvalue weighted by molar-refractivity contribution is 6.02. The molecule has 8 nitrogen and oxygen atoms in total. The van der Waals surface area contributed by atoms with E-state index in [1.54, 1.807) is 24.4 Å². The molecule has 22 heavy (non-hydrogen) atoms. The third kappa shape index (κ3) is 2.85. The largest absolute Gasteiger partial charge is 0.433 e. The smallest absolute Gasteiger partial charge is 0.401 e. The number of hydrogen-bond acceptors (Lipinski definition) is 5. The number of aromatic amines is 1. The molecule has 110 valence electrons. The van der Waals surface area contributed by atoms with E-state index in [4.69, 9.17) is 4.42 Å². The summed E-state index contributed by atoms with van der Waals surface area (Å²) < 4.78 is 4.91. The van der Waals surface area contributed by atoms with Crippen LogP contribution in [0.5, 0.6) is 0 Å². The van der Waals surface area contributed by atoms with Crippen LogP contribution in [-0.2, 0) is 4.79 Å². The highest BCUT2D eigenvalue weighted by atomic mass is 16.6. The molecule has 2 heterocycles. The summed E-state index contributed by atoms with van der Waals surface area (Å²) in [5.41, 5.74) is 1.49. The molecule has 1 aromatic carbocycles. The van der Waals surface area contributed by atoms with Crippen LogP contribution >= 0.6 is 0 Å². The van der Waals surface area contributed by atoms with Gasteiger partial charge in [-0.25, -0.2) is 0 Å². The Balaban J connectivity index is 1.68. The van der Waals surface area contributed by atoms with Crippen molar-refractivity contribution in [3.63, 3.8) is 0 Å². The fraction of sp³-hybridized carbons (Fsp3) is 0. The SMILES string of the molecule is O=C(/C=C/c1ccc([N+](=O)[O-])o1)Nc1ccc2[nH]ncc2c1. The predicted molar refractivity (Wildman–Crippen MR) is 79.1 cm³/mol. The van der Waals surface area contributed by atoms with Gasteiger partial charge >= 0.3 is 5.88 Å². The van der Waals surface area contributed by atoms with Gasteiger partial charge in [0.25, 0.3) is 0 Å². The molecule has 0 fully saturated rings. The molecule has 2 N–H and O–H groups in total. The molecule has 3 aromatic rings. The van der Waals surface area contributed by atoms with Crippen molar-refractivity contribution in [2.75, 3.05) is 5.32 Å². The van der Waals surface area contributed by atoms with Crippen molar-refractivity contribution in [1.82, 2.24) is 10.2 Å². The minimum Gasteiger partial charge on any atom is -0.401 e. The van der Waals surface area contributed by atoms with Crippen LogP contribution in [0.15, 0.2) is 47.0 Å². The number of carbonyl (C=O) groups is 1. The Kier molecular flexibility index (Phi) is 3.40. The summed E-state index contributed by atoms with van der Waals surface area (Å²) in [4.78, 5) is 21.6. The number of fused-ring (bicyclic) bond motifs is 1. The van der Waals surface area contributed by atoms with E-state index in [0.29, 0.717) is 5.69 Å². The molecule has 0 unspecified atom stereocenters. The first-order valence-corrected chi connectivity index (χ1v) is 6.28. The summed E-state index contributed by atoms with van der Waals surface area (Å²) in [7, 11) is 0. The Bertz CT molecular complexity index is 878. The van der Waals surface area contributed by atoms with Crippen LogP contribution in [-0.4, -0.2) is 21.0 Å². The number of nitro groups is 1. The number of H-pyrrole nitrogens is 1. The number of nitrogens with one attached hydrogen (secondary N) is 2. The maximum absolute atomic E-state index is 11.8. The van der Waals surface area contributed by atoms with Gasteiger partial charge in [0.05, 0.1) is 17.8 Å². The third-order valence-electron chi connectivity index (χ3n) is 2.90. The van der Waals surface area contributed by atoms with Crippen molar-refractivity contribution in [3.05, 3.63) is 58.5 Å². The number of carbonyl (C=O) groups excluding carboxylic acids is 1. The summed E-state index contributed by atoms with van der Waals surface area (Å²) >= 11 is 0. The van der Waals surface area contributed by atoms with Crippen LogP contribution < -0.4 is 5.32 Å². The molecule has 1 amide bonds. The Labute approximate surface area is 123 Å². The highest BCUT2D eigenvalue weighted by Crippen LogP contribution is 2.18. The van der Waals surface area contributed by atoms with E-state index in [-0.39, 0.29) is 17.6 Å². The standard InChI is InChI=1S/C14H10N4O4/c19-13(5-2-11-3-6-14(22-11)18(20)21)16-10-1-4-12-9(7-10)8-15-17-12/h1-8H,(H,15,17)(H,16,19)/b5-2+. The summed E-state index contributed by atoms with van der Waals surface area (Å²) in [5, 5.41) is 20.7. The van der Waals surface area contributed by atoms with Gasteiger partial charge in [0, 0.05) is 17.1 Å². The summed E-state index contributed by atoms with van der Waals surface area (Å²) in [5.74, 6) is -0.514. The first kappa shape index (κ1) is 13.6. The number of nitrogens with zero attached hydrogens (tertiary/aromatic N) is 2. The molecule has 0 aliphatic heterocycles. The molecule has 0 bridgehead atoms. The zero-order valence-corrected chi connectivity index (χ0v) is 11.1. The van der Waals surface area contributed by atoms with Crippen molar-refractivity contribution < 1.29 is 14.1 Å². The topological polar surface area (TPSA) is 114 Å².